The normalized spacial score (nSPS) is 17.5. The van der Waals surface area contributed by atoms with E-state index in [0.29, 0.717) is 26.2 Å². The molecule has 4 nitrogen and oxygen atoms in total. The molecule has 1 saturated heterocycles. The maximum atomic E-state index is 13.6. The zero-order chi connectivity index (χ0) is 16.1. The third-order valence-electron chi connectivity index (χ3n) is 4.21. The van der Waals surface area contributed by atoms with Crippen LogP contribution in [0.2, 0.25) is 0 Å². The maximum absolute atomic E-state index is 13.6. The number of rotatable bonds is 5. The zero-order valence-corrected chi connectivity index (χ0v) is 12.8. The molecule has 1 amide bonds. The molecular formula is C16H22F2N2O2. The number of halogens is 2. The van der Waals surface area contributed by atoms with Crippen LogP contribution >= 0.6 is 0 Å². The van der Waals surface area contributed by atoms with Gasteiger partial charge in [-0.1, -0.05) is 6.92 Å². The number of aliphatic hydroxyl groups is 1. The van der Waals surface area contributed by atoms with Crippen molar-refractivity contribution in [3.05, 3.63) is 35.4 Å². The molecular weight excluding hydrogens is 290 g/mol. The van der Waals surface area contributed by atoms with Gasteiger partial charge in [-0.25, -0.2) is 8.78 Å². The Balaban J connectivity index is 1.91. The summed E-state index contributed by atoms with van der Waals surface area (Å²) < 4.78 is 26.7. The van der Waals surface area contributed by atoms with Crippen molar-refractivity contribution in [1.29, 1.82) is 0 Å². The van der Waals surface area contributed by atoms with Crippen molar-refractivity contribution >= 4 is 5.91 Å². The lowest BCUT2D eigenvalue weighted by molar-refractivity contribution is -0.132. The molecule has 1 atom stereocenters. The number of hydrogen-bond acceptors (Lipinski definition) is 3. The summed E-state index contributed by atoms with van der Waals surface area (Å²) in [6.07, 6.45) is 0.736. The summed E-state index contributed by atoms with van der Waals surface area (Å²) in [6, 6.07) is 3.28. The van der Waals surface area contributed by atoms with E-state index >= 15 is 0 Å². The Hall–Kier alpha value is -1.53. The van der Waals surface area contributed by atoms with Gasteiger partial charge in [-0.05, 0) is 24.6 Å². The molecule has 1 aromatic carbocycles. The molecule has 0 spiro atoms. The van der Waals surface area contributed by atoms with Crippen molar-refractivity contribution < 1.29 is 18.7 Å². The third-order valence-corrected chi connectivity index (χ3v) is 4.21. The Morgan fingerprint density at radius 3 is 2.55 bits per heavy atom. The van der Waals surface area contributed by atoms with Gasteiger partial charge in [0.1, 0.15) is 11.6 Å². The van der Waals surface area contributed by atoms with Crippen molar-refractivity contribution in [2.24, 2.45) is 0 Å². The molecule has 6 heteroatoms. The molecule has 1 aromatic rings. The van der Waals surface area contributed by atoms with Crippen molar-refractivity contribution in [3.8, 4) is 0 Å². The van der Waals surface area contributed by atoms with Gasteiger partial charge in [0, 0.05) is 37.8 Å². The number of carbonyl (C=O) groups excluding carboxylic acids is 1. The van der Waals surface area contributed by atoms with Crippen molar-refractivity contribution in [1.82, 2.24) is 9.80 Å². The summed E-state index contributed by atoms with van der Waals surface area (Å²) in [5.41, 5.74) is 0.0919. The number of piperazine rings is 1. The molecule has 1 N–H and O–H groups in total. The predicted octanol–water partition coefficient (Wildman–Crippen LogP) is 1.42. The van der Waals surface area contributed by atoms with Crippen molar-refractivity contribution in [2.75, 3.05) is 32.8 Å². The van der Waals surface area contributed by atoms with Crippen LogP contribution in [0, 0.1) is 11.6 Å². The van der Waals surface area contributed by atoms with Crippen molar-refractivity contribution in [3.63, 3.8) is 0 Å². The summed E-state index contributed by atoms with van der Waals surface area (Å²) in [5.74, 6) is -1.29. The molecule has 2 rings (SSSR count). The number of aliphatic hydroxyl groups excluding tert-OH is 1. The molecule has 1 fully saturated rings. The Morgan fingerprint density at radius 2 is 1.95 bits per heavy atom. The largest absolute Gasteiger partial charge is 0.395 e. The van der Waals surface area contributed by atoms with Crippen LogP contribution in [0.15, 0.2) is 18.2 Å². The minimum absolute atomic E-state index is 0.0919. The fraction of sp³-hybridized carbons (Fsp3) is 0.562. The van der Waals surface area contributed by atoms with Gasteiger partial charge in [0.05, 0.1) is 13.0 Å². The second-order valence-electron chi connectivity index (χ2n) is 5.57. The van der Waals surface area contributed by atoms with Crippen LogP contribution in [0.3, 0.4) is 0 Å². The standard InChI is InChI=1S/C16H22F2N2O2/c1-2-14(11-21)19-5-7-20(8-6-19)16(22)10-12-9-13(17)3-4-15(12)18/h3-4,9,14,21H,2,5-8,10-11H2,1H3. The molecule has 0 bridgehead atoms. The first-order valence-corrected chi connectivity index (χ1v) is 7.61. The lowest BCUT2D eigenvalue weighted by Gasteiger charge is -2.38. The van der Waals surface area contributed by atoms with Gasteiger partial charge in [-0.2, -0.15) is 0 Å². The van der Waals surface area contributed by atoms with Crippen molar-refractivity contribution in [2.45, 2.75) is 25.8 Å². The van der Waals surface area contributed by atoms with Crippen LogP contribution in [0.1, 0.15) is 18.9 Å². The summed E-state index contributed by atoms with van der Waals surface area (Å²) in [5, 5.41) is 9.31. The lowest BCUT2D eigenvalue weighted by Crippen LogP contribution is -2.53. The number of hydrogen-bond donors (Lipinski definition) is 1. The Morgan fingerprint density at radius 1 is 1.27 bits per heavy atom. The van der Waals surface area contributed by atoms with Gasteiger partial charge in [-0.15, -0.1) is 0 Å². The molecule has 1 unspecified atom stereocenters. The van der Waals surface area contributed by atoms with Crippen LogP contribution < -0.4 is 0 Å². The fourth-order valence-corrected chi connectivity index (χ4v) is 2.79. The topological polar surface area (TPSA) is 43.8 Å². The maximum Gasteiger partial charge on any atom is 0.227 e. The molecule has 0 aromatic heterocycles. The molecule has 0 saturated carbocycles. The van der Waals surface area contributed by atoms with Crippen LogP contribution in [0.25, 0.3) is 0 Å². The number of amides is 1. The first-order chi connectivity index (χ1) is 10.5. The average Bonchev–Trinajstić information content (AvgIpc) is 2.53. The summed E-state index contributed by atoms with van der Waals surface area (Å²) in [4.78, 5) is 16.0. The minimum atomic E-state index is -0.556. The number of carbonyl (C=O) groups is 1. The highest BCUT2D eigenvalue weighted by molar-refractivity contribution is 5.79. The molecule has 1 aliphatic rings. The van der Waals surface area contributed by atoms with E-state index in [2.05, 4.69) is 4.90 Å². The molecule has 0 radical (unpaired) electrons. The summed E-state index contributed by atoms with van der Waals surface area (Å²) in [6.45, 7) is 4.61. The molecule has 122 valence electrons. The van der Waals surface area contributed by atoms with E-state index in [1.54, 1.807) is 4.90 Å². The van der Waals surface area contributed by atoms with Crippen LogP contribution in [-0.2, 0) is 11.2 Å². The highest BCUT2D eigenvalue weighted by Crippen LogP contribution is 2.14. The van der Waals surface area contributed by atoms with Crippen LogP contribution in [0.4, 0.5) is 8.78 Å². The van der Waals surface area contributed by atoms with Crippen LogP contribution in [0.5, 0.6) is 0 Å². The minimum Gasteiger partial charge on any atom is -0.395 e. The third kappa shape index (κ3) is 4.01. The zero-order valence-electron chi connectivity index (χ0n) is 12.8. The van der Waals surface area contributed by atoms with Gasteiger partial charge in [-0.3, -0.25) is 9.69 Å². The molecule has 1 aliphatic heterocycles. The van der Waals surface area contributed by atoms with Gasteiger partial charge in [0.2, 0.25) is 5.91 Å². The highest BCUT2D eigenvalue weighted by atomic mass is 19.1. The van der Waals surface area contributed by atoms with Gasteiger partial charge in [0.15, 0.2) is 0 Å². The molecule has 22 heavy (non-hydrogen) atoms. The van der Waals surface area contributed by atoms with Crippen LogP contribution in [-0.4, -0.2) is 59.6 Å². The first kappa shape index (κ1) is 16.8. The van der Waals surface area contributed by atoms with E-state index in [-0.39, 0.29) is 30.5 Å². The van der Waals surface area contributed by atoms with Gasteiger partial charge >= 0.3 is 0 Å². The predicted molar refractivity (Wildman–Crippen MR) is 79.4 cm³/mol. The first-order valence-electron chi connectivity index (χ1n) is 7.61. The average molecular weight is 312 g/mol. The quantitative estimate of drug-likeness (QED) is 0.894. The Bertz CT molecular complexity index is 513. The SMILES string of the molecule is CCC(CO)N1CCN(C(=O)Cc2cc(F)ccc2F)CC1. The lowest BCUT2D eigenvalue weighted by atomic mass is 10.1. The van der Waals surface area contributed by atoms with Gasteiger partial charge in [0.25, 0.3) is 0 Å². The smallest absolute Gasteiger partial charge is 0.227 e. The number of nitrogens with zero attached hydrogens (tertiary/aromatic N) is 2. The van der Waals surface area contributed by atoms with E-state index in [4.69, 9.17) is 0 Å². The van der Waals surface area contributed by atoms with Gasteiger partial charge < -0.3 is 10.0 Å². The summed E-state index contributed by atoms with van der Waals surface area (Å²) in [7, 11) is 0. The second kappa shape index (κ2) is 7.65. The van der Waals surface area contributed by atoms with E-state index in [1.807, 2.05) is 6.92 Å². The van der Waals surface area contributed by atoms with E-state index in [1.165, 1.54) is 0 Å². The monoisotopic (exact) mass is 312 g/mol. The summed E-state index contributed by atoms with van der Waals surface area (Å²) >= 11 is 0. The molecule has 1 heterocycles. The van der Waals surface area contributed by atoms with E-state index < -0.39 is 11.6 Å². The molecule has 0 aliphatic carbocycles. The number of benzene rings is 1. The Labute approximate surface area is 129 Å². The Kier molecular flexibility index (Phi) is 5.85. The van der Waals surface area contributed by atoms with E-state index in [9.17, 15) is 18.7 Å². The fourth-order valence-electron chi connectivity index (χ4n) is 2.79. The van der Waals surface area contributed by atoms with E-state index in [0.717, 1.165) is 24.6 Å². The highest BCUT2D eigenvalue weighted by Gasteiger charge is 2.25. The second-order valence-corrected chi connectivity index (χ2v) is 5.57.